The van der Waals surface area contributed by atoms with Gasteiger partial charge in [-0.25, -0.2) is 12.8 Å². The maximum atomic E-state index is 12.8. The lowest BCUT2D eigenvalue weighted by Gasteiger charge is -2.23. The van der Waals surface area contributed by atoms with Gasteiger partial charge in [-0.05, 0) is 42.8 Å². The number of hydrogen-bond acceptors (Lipinski definition) is 3. The van der Waals surface area contributed by atoms with Crippen molar-refractivity contribution in [2.75, 3.05) is 22.4 Å². The Bertz CT molecular complexity index is 820. The van der Waals surface area contributed by atoms with Gasteiger partial charge >= 0.3 is 0 Å². The number of carbonyl (C=O) groups is 1. The number of benzene rings is 2. The molecule has 0 aliphatic heterocycles. The van der Waals surface area contributed by atoms with E-state index in [-0.39, 0.29) is 18.9 Å². The summed E-state index contributed by atoms with van der Waals surface area (Å²) in [5.74, 6) is -0.736. The molecule has 1 N–H and O–H groups in total. The first kappa shape index (κ1) is 17.9. The molecule has 24 heavy (non-hydrogen) atoms. The fourth-order valence-electron chi connectivity index (χ4n) is 2.27. The van der Waals surface area contributed by atoms with Crippen LogP contribution in [0.3, 0.4) is 0 Å². The molecule has 2 aromatic carbocycles. The van der Waals surface area contributed by atoms with Crippen LogP contribution in [0.4, 0.5) is 15.8 Å². The Balaban J connectivity index is 2.07. The molecular weight excluding hydrogens is 331 g/mol. The fraction of sp³-hybridized carbons (Fsp3) is 0.235. The van der Waals surface area contributed by atoms with Gasteiger partial charge in [-0.2, -0.15) is 0 Å². The lowest BCUT2D eigenvalue weighted by atomic mass is 10.2. The third-order valence-electron chi connectivity index (χ3n) is 3.45. The molecule has 0 radical (unpaired) electrons. The Kier molecular flexibility index (Phi) is 5.56. The molecule has 0 fully saturated rings. The number of hydrogen-bond donors (Lipinski definition) is 1. The van der Waals surface area contributed by atoms with Gasteiger partial charge in [0.25, 0.3) is 0 Å². The number of para-hydroxylation sites is 1. The zero-order valence-electron chi connectivity index (χ0n) is 13.5. The van der Waals surface area contributed by atoms with Gasteiger partial charge in [0, 0.05) is 18.7 Å². The molecule has 5 nitrogen and oxygen atoms in total. The fourth-order valence-corrected chi connectivity index (χ4v) is 3.25. The molecule has 0 atom stereocenters. The summed E-state index contributed by atoms with van der Waals surface area (Å²) in [5, 5.41) is 2.61. The van der Waals surface area contributed by atoms with E-state index in [9.17, 15) is 17.6 Å². The lowest BCUT2D eigenvalue weighted by Crippen LogP contribution is -2.33. The molecular formula is C17H19FN2O3S. The maximum Gasteiger partial charge on any atom is 0.232 e. The van der Waals surface area contributed by atoms with Gasteiger partial charge in [0.05, 0.1) is 11.9 Å². The van der Waals surface area contributed by atoms with E-state index in [4.69, 9.17) is 0 Å². The molecule has 128 valence electrons. The van der Waals surface area contributed by atoms with Gasteiger partial charge in [-0.15, -0.1) is 0 Å². The molecule has 0 aliphatic carbocycles. The molecule has 0 saturated carbocycles. The number of anilines is 2. The average molecular weight is 350 g/mol. The largest absolute Gasteiger partial charge is 0.326 e. The van der Waals surface area contributed by atoms with Crippen LogP contribution < -0.4 is 9.62 Å². The van der Waals surface area contributed by atoms with Crippen molar-refractivity contribution in [1.82, 2.24) is 0 Å². The summed E-state index contributed by atoms with van der Waals surface area (Å²) in [4.78, 5) is 12.0. The van der Waals surface area contributed by atoms with Gasteiger partial charge in [0.1, 0.15) is 5.82 Å². The monoisotopic (exact) mass is 350 g/mol. The number of rotatable bonds is 6. The van der Waals surface area contributed by atoms with Crippen molar-refractivity contribution in [3.8, 4) is 0 Å². The van der Waals surface area contributed by atoms with Crippen molar-refractivity contribution in [2.45, 2.75) is 13.3 Å². The zero-order valence-corrected chi connectivity index (χ0v) is 14.3. The lowest BCUT2D eigenvalue weighted by molar-refractivity contribution is -0.116. The summed E-state index contributed by atoms with van der Waals surface area (Å²) in [7, 11) is -3.51. The van der Waals surface area contributed by atoms with Crippen LogP contribution in [0.25, 0.3) is 0 Å². The minimum Gasteiger partial charge on any atom is -0.326 e. The number of aryl methyl sites for hydroxylation is 1. The number of nitrogens with one attached hydrogen (secondary N) is 1. The number of halogens is 1. The molecule has 0 aromatic heterocycles. The SMILES string of the molecule is Cc1ccccc1N(CCC(=O)Nc1ccc(F)cc1)S(C)(=O)=O. The van der Waals surface area contributed by atoms with E-state index in [1.54, 1.807) is 12.1 Å². The normalized spacial score (nSPS) is 11.1. The van der Waals surface area contributed by atoms with Crippen LogP contribution in [0.15, 0.2) is 48.5 Å². The molecule has 0 unspecified atom stereocenters. The van der Waals surface area contributed by atoms with Crippen LogP contribution in [0.2, 0.25) is 0 Å². The molecule has 2 aromatic rings. The Labute approximate surface area is 141 Å². The number of amides is 1. The van der Waals surface area contributed by atoms with Crippen LogP contribution >= 0.6 is 0 Å². The summed E-state index contributed by atoms with van der Waals surface area (Å²) in [6, 6.07) is 12.5. The first-order valence-corrected chi connectivity index (χ1v) is 9.21. The Morgan fingerprint density at radius 2 is 1.75 bits per heavy atom. The summed E-state index contributed by atoms with van der Waals surface area (Å²) in [5.41, 5.74) is 1.82. The Morgan fingerprint density at radius 3 is 2.33 bits per heavy atom. The molecule has 2 rings (SSSR count). The van der Waals surface area contributed by atoms with Crippen molar-refractivity contribution < 1.29 is 17.6 Å². The zero-order chi connectivity index (χ0) is 17.7. The van der Waals surface area contributed by atoms with Gasteiger partial charge in [0.2, 0.25) is 15.9 Å². The topological polar surface area (TPSA) is 66.5 Å². The second-order valence-corrected chi connectivity index (χ2v) is 7.33. The van der Waals surface area contributed by atoms with Gasteiger partial charge in [-0.3, -0.25) is 9.10 Å². The predicted octanol–water partition coefficient (Wildman–Crippen LogP) is 2.93. The van der Waals surface area contributed by atoms with E-state index in [2.05, 4.69) is 5.32 Å². The Morgan fingerprint density at radius 1 is 1.12 bits per heavy atom. The van der Waals surface area contributed by atoms with Crippen LogP contribution in [-0.2, 0) is 14.8 Å². The molecule has 0 heterocycles. The summed E-state index contributed by atoms with van der Waals surface area (Å²) in [6.07, 6.45) is 1.09. The van der Waals surface area contributed by atoms with Gasteiger partial charge in [-0.1, -0.05) is 18.2 Å². The Hall–Kier alpha value is -2.41. The summed E-state index contributed by atoms with van der Waals surface area (Å²) < 4.78 is 38.2. The highest BCUT2D eigenvalue weighted by Crippen LogP contribution is 2.22. The van der Waals surface area contributed by atoms with Crippen molar-refractivity contribution in [3.05, 3.63) is 59.9 Å². The van der Waals surface area contributed by atoms with E-state index < -0.39 is 15.8 Å². The van der Waals surface area contributed by atoms with E-state index in [0.717, 1.165) is 11.8 Å². The van der Waals surface area contributed by atoms with E-state index >= 15 is 0 Å². The summed E-state index contributed by atoms with van der Waals surface area (Å²) >= 11 is 0. The van der Waals surface area contributed by atoms with Crippen molar-refractivity contribution >= 4 is 27.3 Å². The highest BCUT2D eigenvalue weighted by Gasteiger charge is 2.20. The number of sulfonamides is 1. The van der Waals surface area contributed by atoms with Crippen molar-refractivity contribution in [2.24, 2.45) is 0 Å². The number of nitrogens with zero attached hydrogens (tertiary/aromatic N) is 1. The first-order chi connectivity index (χ1) is 11.3. The van der Waals surface area contributed by atoms with Crippen LogP contribution in [-0.4, -0.2) is 27.1 Å². The van der Waals surface area contributed by atoms with Gasteiger partial charge in [0.15, 0.2) is 0 Å². The van der Waals surface area contributed by atoms with Crippen LogP contribution in [0.5, 0.6) is 0 Å². The van der Waals surface area contributed by atoms with E-state index in [1.807, 2.05) is 19.1 Å². The highest BCUT2D eigenvalue weighted by molar-refractivity contribution is 7.92. The standard InChI is InChI=1S/C17H19FN2O3S/c1-13-5-3-4-6-16(13)20(24(2,22)23)12-11-17(21)19-15-9-7-14(18)8-10-15/h3-10H,11-12H2,1-2H3,(H,19,21). The quantitative estimate of drug-likeness (QED) is 0.871. The minimum absolute atomic E-state index is 0.0151. The van der Waals surface area contributed by atoms with Crippen LogP contribution in [0, 0.1) is 12.7 Å². The van der Waals surface area contributed by atoms with Gasteiger partial charge < -0.3 is 5.32 Å². The molecule has 0 bridgehead atoms. The second-order valence-electron chi connectivity index (χ2n) is 5.43. The van der Waals surface area contributed by atoms with Crippen molar-refractivity contribution in [1.29, 1.82) is 0 Å². The van der Waals surface area contributed by atoms with E-state index in [0.29, 0.717) is 11.4 Å². The first-order valence-electron chi connectivity index (χ1n) is 7.36. The minimum atomic E-state index is -3.51. The molecule has 0 saturated heterocycles. The second kappa shape index (κ2) is 7.44. The molecule has 1 amide bonds. The molecule has 0 aliphatic rings. The van der Waals surface area contributed by atoms with Crippen LogP contribution in [0.1, 0.15) is 12.0 Å². The van der Waals surface area contributed by atoms with Crippen molar-refractivity contribution in [3.63, 3.8) is 0 Å². The average Bonchev–Trinajstić information content (AvgIpc) is 2.50. The highest BCUT2D eigenvalue weighted by atomic mass is 32.2. The maximum absolute atomic E-state index is 12.8. The predicted molar refractivity (Wildman–Crippen MR) is 93.0 cm³/mol. The molecule has 0 spiro atoms. The number of carbonyl (C=O) groups excluding carboxylic acids is 1. The third-order valence-corrected chi connectivity index (χ3v) is 4.63. The smallest absolute Gasteiger partial charge is 0.232 e. The van der Waals surface area contributed by atoms with E-state index in [1.165, 1.54) is 28.6 Å². The summed E-state index contributed by atoms with van der Waals surface area (Å²) in [6.45, 7) is 1.84. The third kappa shape index (κ3) is 4.79. The molecule has 7 heteroatoms.